The molecule has 1 saturated heterocycles. The first-order valence-corrected chi connectivity index (χ1v) is 13.2. The van der Waals surface area contributed by atoms with Crippen molar-refractivity contribution in [1.82, 2.24) is 19.9 Å². The van der Waals surface area contributed by atoms with E-state index in [1.54, 1.807) is 18.5 Å². The van der Waals surface area contributed by atoms with Crippen LogP contribution in [0.25, 0.3) is 26.9 Å². The number of hydrogen-bond donors (Lipinski definition) is 2. The Morgan fingerprint density at radius 3 is 2.55 bits per heavy atom. The van der Waals surface area contributed by atoms with Crippen LogP contribution in [0.1, 0.15) is 24.2 Å². The van der Waals surface area contributed by atoms with Gasteiger partial charge >= 0.3 is 5.97 Å². The smallest absolute Gasteiger partial charge is 0.317 e. The third-order valence-electron chi connectivity index (χ3n) is 7.01. The van der Waals surface area contributed by atoms with E-state index in [4.69, 9.17) is 23.3 Å². The van der Waals surface area contributed by atoms with Crippen molar-refractivity contribution in [3.05, 3.63) is 82.3 Å². The number of fused-ring (bicyclic) bond motifs is 1. The highest BCUT2D eigenvalue weighted by atomic mass is 35.5. The van der Waals surface area contributed by atoms with Gasteiger partial charge in [0.05, 0.1) is 41.1 Å². The lowest BCUT2D eigenvalue weighted by Gasteiger charge is -2.33. The number of aromatic nitrogens is 3. The van der Waals surface area contributed by atoms with Crippen LogP contribution in [0, 0.1) is 19.3 Å². The van der Waals surface area contributed by atoms with Crippen molar-refractivity contribution in [1.29, 1.82) is 0 Å². The van der Waals surface area contributed by atoms with E-state index >= 15 is 0 Å². The minimum Gasteiger partial charge on any atom is -0.480 e. The largest absolute Gasteiger partial charge is 0.480 e. The molecule has 0 amide bonds. The number of pyridine rings is 1. The summed E-state index contributed by atoms with van der Waals surface area (Å²) in [6.07, 6.45) is 3.52. The number of aryl methyl sites for hydroxylation is 1. The van der Waals surface area contributed by atoms with Gasteiger partial charge in [-0.25, -0.2) is 19.2 Å². The second-order valence-corrected chi connectivity index (χ2v) is 10.1. The van der Waals surface area contributed by atoms with Gasteiger partial charge in [0.1, 0.15) is 5.82 Å². The molecule has 2 N–H and O–H groups in total. The Labute approximate surface area is 236 Å². The molecular weight excluding hydrogens is 533 g/mol. The summed E-state index contributed by atoms with van der Waals surface area (Å²) in [5.74, 6) is -0.634. The van der Waals surface area contributed by atoms with Gasteiger partial charge in [0.15, 0.2) is 5.69 Å². The summed E-state index contributed by atoms with van der Waals surface area (Å²) in [4.78, 5) is 32.1. The molecule has 9 nitrogen and oxygen atoms in total. The Kier molecular flexibility index (Phi) is 7.78. The number of carboxylic acids is 1. The number of halogens is 2. The van der Waals surface area contributed by atoms with Gasteiger partial charge in [-0.15, -0.1) is 0 Å². The third kappa shape index (κ3) is 5.66. The molecular formula is C29H27ClFN7O2. The quantitative estimate of drug-likeness (QED) is 0.277. The van der Waals surface area contributed by atoms with Crippen molar-refractivity contribution in [3.8, 4) is 11.1 Å². The van der Waals surface area contributed by atoms with E-state index in [2.05, 4.69) is 25.1 Å². The van der Waals surface area contributed by atoms with Crippen LogP contribution in [-0.2, 0) is 4.79 Å². The van der Waals surface area contributed by atoms with E-state index in [-0.39, 0.29) is 6.54 Å². The lowest BCUT2D eigenvalue weighted by atomic mass is 10.0. The molecule has 0 aliphatic carbocycles. The van der Waals surface area contributed by atoms with Gasteiger partial charge in [-0.05, 0) is 49.2 Å². The van der Waals surface area contributed by atoms with Crippen molar-refractivity contribution >= 4 is 45.8 Å². The Bertz CT molecular complexity index is 1620. The lowest BCUT2D eigenvalue weighted by molar-refractivity contribution is -0.138. The fourth-order valence-electron chi connectivity index (χ4n) is 4.84. The highest BCUT2D eigenvalue weighted by molar-refractivity contribution is 6.35. The highest BCUT2D eigenvalue weighted by Gasteiger charge is 2.21. The minimum atomic E-state index is -0.828. The molecule has 0 bridgehead atoms. The zero-order valence-electron chi connectivity index (χ0n) is 22.0. The molecule has 0 spiro atoms. The number of nitrogens with one attached hydrogen (secondary N) is 1. The van der Waals surface area contributed by atoms with Crippen LogP contribution >= 0.6 is 11.6 Å². The molecule has 204 valence electrons. The summed E-state index contributed by atoms with van der Waals surface area (Å²) in [5, 5.41) is 13.6. The van der Waals surface area contributed by atoms with Crippen LogP contribution in [-0.4, -0.2) is 63.7 Å². The van der Waals surface area contributed by atoms with E-state index in [1.165, 1.54) is 12.1 Å². The fraction of sp³-hybridized carbons (Fsp3) is 0.276. The first-order chi connectivity index (χ1) is 19.2. The average Bonchev–Trinajstić information content (AvgIpc) is 2.95. The number of hydrogen-bond acceptors (Lipinski definition) is 7. The summed E-state index contributed by atoms with van der Waals surface area (Å²) in [5.41, 5.74) is 4.40. The van der Waals surface area contributed by atoms with Crippen molar-refractivity contribution in [3.63, 3.8) is 0 Å². The molecule has 1 fully saturated rings. The molecule has 0 radical (unpaired) electrons. The van der Waals surface area contributed by atoms with Crippen LogP contribution in [0.3, 0.4) is 0 Å². The molecule has 40 heavy (non-hydrogen) atoms. The summed E-state index contributed by atoms with van der Waals surface area (Å²) in [6, 6.07) is 9.63. The number of carbonyl (C=O) groups is 1. The standard InChI is InChI=1S/C29H27ClFN7O2/c1-17(22-13-21(32-3)5-6-24(22)31)36-28-23-12-19(4-7-25(23)35-18(2)27(28)30)20-14-33-29(34-15-20)38-10-8-37(9-11-38)16-26(39)40/h4-7,12-15,17H,8-11,16H2,1-2H3,(H,35,36)(H,39,40)/t17-/m1/s1. The van der Waals surface area contributed by atoms with Crippen LogP contribution in [0.4, 0.5) is 21.7 Å². The van der Waals surface area contributed by atoms with Gasteiger partial charge < -0.3 is 15.3 Å². The Morgan fingerprint density at radius 1 is 1.15 bits per heavy atom. The van der Waals surface area contributed by atoms with Gasteiger partial charge in [-0.3, -0.25) is 14.7 Å². The molecule has 1 aliphatic rings. The first kappa shape index (κ1) is 27.2. The van der Waals surface area contributed by atoms with Crippen molar-refractivity contribution in [2.45, 2.75) is 19.9 Å². The predicted molar refractivity (Wildman–Crippen MR) is 154 cm³/mol. The highest BCUT2D eigenvalue weighted by Crippen LogP contribution is 2.37. The van der Waals surface area contributed by atoms with Crippen molar-refractivity contribution < 1.29 is 14.3 Å². The maximum Gasteiger partial charge on any atom is 0.317 e. The summed E-state index contributed by atoms with van der Waals surface area (Å²) in [7, 11) is 0. The monoisotopic (exact) mass is 559 g/mol. The molecule has 11 heteroatoms. The van der Waals surface area contributed by atoms with E-state index < -0.39 is 17.8 Å². The third-order valence-corrected chi connectivity index (χ3v) is 7.48. The summed E-state index contributed by atoms with van der Waals surface area (Å²) in [6.45, 7) is 13.5. The fourth-order valence-corrected chi connectivity index (χ4v) is 5.04. The lowest BCUT2D eigenvalue weighted by Crippen LogP contribution is -2.48. The van der Waals surface area contributed by atoms with Gasteiger partial charge in [-0.2, -0.15) is 0 Å². The summed E-state index contributed by atoms with van der Waals surface area (Å²) >= 11 is 6.71. The minimum absolute atomic E-state index is 0.0337. The number of piperazine rings is 1. The van der Waals surface area contributed by atoms with Gasteiger partial charge in [0.25, 0.3) is 0 Å². The number of rotatable bonds is 7. The maximum absolute atomic E-state index is 14.6. The zero-order valence-corrected chi connectivity index (χ0v) is 22.8. The van der Waals surface area contributed by atoms with Crippen molar-refractivity contribution in [2.75, 3.05) is 42.9 Å². The topological polar surface area (TPSA) is 98.8 Å². The number of carboxylic acid groups (broad SMARTS) is 1. The molecule has 1 atom stereocenters. The van der Waals surface area contributed by atoms with E-state index in [0.29, 0.717) is 59.8 Å². The average molecular weight is 560 g/mol. The molecule has 3 heterocycles. The van der Waals surface area contributed by atoms with E-state index in [9.17, 15) is 9.18 Å². The molecule has 5 rings (SSSR count). The van der Waals surface area contributed by atoms with Crippen LogP contribution < -0.4 is 10.2 Å². The molecule has 1 aliphatic heterocycles. The second kappa shape index (κ2) is 11.4. The van der Waals surface area contributed by atoms with Crippen LogP contribution in [0.2, 0.25) is 5.02 Å². The molecule has 0 unspecified atom stereocenters. The van der Waals surface area contributed by atoms with Crippen molar-refractivity contribution in [2.24, 2.45) is 0 Å². The number of benzene rings is 2. The molecule has 0 saturated carbocycles. The Hall–Kier alpha value is -4.33. The summed E-state index contributed by atoms with van der Waals surface area (Å²) < 4.78 is 14.6. The number of aliphatic carboxylic acids is 1. The van der Waals surface area contributed by atoms with E-state index in [0.717, 1.165) is 22.0 Å². The number of anilines is 2. The molecule has 4 aromatic rings. The SMILES string of the molecule is [C-]#[N+]c1ccc(F)c([C@@H](C)Nc2c(Cl)c(C)nc3ccc(-c4cnc(N5CCN(CC(=O)O)CC5)nc4)cc23)c1. The zero-order chi connectivity index (χ0) is 28.4. The van der Waals surface area contributed by atoms with Crippen LogP contribution in [0.5, 0.6) is 0 Å². The second-order valence-electron chi connectivity index (χ2n) is 9.73. The predicted octanol–water partition coefficient (Wildman–Crippen LogP) is 5.72. The van der Waals surface area contributed by atoms with Gasteiger partial charge in [-0.1, -0.05) is 23.7 Å². The normalized spacial score (nSPS) is 14.6. The first-order valence-electron chi connectivity index (χ1n) is 12.8. The number of nitrogens with zero attached hydrogens (tertiary/aromatic N) is 6. The van der Waals surface area contributed by atoms with Gasteiger partial charge in [0.2, 0.25) is 5.95 Å². The van der Waals surface area contributed by atoms with E-state index in [1.807, 2.05) is 41.8 Å². The van der Waals surface area contributed by atoms with Gasteiger partial charge in [0, 0.05) is 49.5 Å². The van der Waals surface area contributed by atoms with Crippen LogP contribution in [0.15, 0.2) is 48.8 Å². The molecule has 2 aromatic carbocycles. The maximum atomic E-state index is 14.6. The molecule has 2 aromatic heterocycles. The Morgan fingerprint density at radius 2 is 1.88 bits per heavy atom. The Balaban J connectivity index is 1.42.